The maximum atomic E-state index is 12.9. The molecule has 180 valence electrons. The minimum Gasteiger partial charge on any atom is -0.493 e. The van der Waals surface area contributed by atoms with Gasteiger partial charge in [-0.05, 0) is 60.0 Å². The Labute approximate surface area is 200 Å². The van der Waals surface area contributed by atoms with Gasteiger partial charge in [-0.15, -0.1) is 5.10 Å². The average molecular weight is 476 g/mol. The molecule has 0 atom stereocenters. The minimum atomic E-state index is -0.194. The van der Waals surface area contributed by atoms with Crippen molar-refractivity contribution in [3.63, 3.8) is 0 Å². The highest BCUT2D eigenvalue weighted by molar-refractivity contribution is 5.90. The van der Waals surface area contributed by atoms with Crippen molar-refractivity contribution in [2.45, 2.75) is 38.3 Å². The summed E-state index contributed by atoms with van der Waals surface area (Å²) in [6.45, 7) is 0.367. The van der Waals surface area contributed by atoms with Crippen molar-refractivity contribution in [2.75, 3.05) is 19.5 Å². The second-order valence-corrected chi connectivity index (χ2v) is 8.37. The van der Waals surface area contributed by atoms with Crippen molar-refractivity contribution < 1.29 is 14.3 Å². The Bertz CT molecular complexity index is 1420. The summed E-state index contributed by atoms with van der Waals surface area (Å²) >= 11 is 0. The molecular weight excluding hydrogens is 450 g/mol. The molecule has 1 aliphatic carbocycles. The van der Waals surface area contributed by atoms with Crippen LogP contribution in [-0.2, 0) is 11.3 Å². The quantitative estimate of drug-likeness (QED) is 0.392. The van der Waals surface area contributed by atoms with Crippen LogP contribution < -0.4 is 20.3 Å². The summed E-state index contributed by atoms with van der Waals surface area (Å²) in [6, 6.07) is 11.1. The van der Waals surface area contributed by atoms with Crippen LogP contribution in [0.15, 0.2) is 47.5 Å². The van der Waals surface area contributed by atoms with E-state index in [2.05, 4.69) is 25.8 Å². The zero-order valence-electron chi connectivity index (χ0n) is 19.5. The van der Waals surface area contributed by atoms with E-state index in [0.29, 0.717) is 47.1 Å². The summed E-state index contributed by atoms with van der Waals surface area (Å²) in [5, 5.41) is 15.3. The molecule has 1 N–H and O–H groups in total. The fraction of sp³-hybridized carbons (Fsp3) is 0.333. The Hall–Kier alpha value is -4.28. The molecule has 35 heavy (non-hydrogen) atoms. The fourth-order valence-corrected chi connectivity index (χ4v) is 3.93. The van der Waals surface area contributed by atoms with E-state index >= 15 is 0 Å². The zero-order chi connectivity index (χ0) is 24.4. The van der Waals surface area contributed by atoms with Crippen LogP contribution in [0.5, 0.6) is 11.5 Å². The lowest BCUT2D eigenvalue weighted by Gasteiger charge is -2.11. The Balaban J connectivity index is 1.19. The summed E-state index contributed by atoms with van der Waals surface area (Å²) in [7, 11) is 3.05. The first-order chi connectivity index (χ1) is 17.1. The van der Waals surface area contributed by atoms with Crippen molar-refractivity contribution in [3.8, 4) is 22.9 Å². The van der Waals surface area contributed by atoms with Gasteiger partial charge < -0.3 is 14.8 Å². The summed E-state index contributed by atoms with van der Waals surface area (Å²) in [4.78, 5) is 29.7. The number of carbonyl (C=O) groups excluding carboxylic acids is 1. The molecule has 1 fully saturated rings. The number of hydrogen-bond donors (Lipinski definition) is 1. The van der Waals surface area contributed by atoms with E-state index in [9.17, 15) is 9.59 Å². The first-order valence-corrected chi connectivity index (χ1v) is 11.4. The van der Waals surface area contributed by atoms with E-state index in [4.69, 9.17) is 9.47 Å². The number of methoxy groups -OCH3 is 2. The minimum absolute atomic E-state index is 0.131. The fourth-order valence-electron chi connectivity index (χ4n) is 3.93. The SMILES string of the molecule is COc1cc2ncn(CCCC(=O)Nc3ccc(-c4nnnn4C4CC4)cc3)c(=O)c2cc1OC. The molecule has 1 saturated carbocycles. The average Bonchev–Trinajstić information content (AvgIpc) is 3.61. The number of fused-ring (bicyclic) bond motifs is 1. The van der Waals surface area contributed by atoms with Crippen LogP contribution in [0.25, 0.3) is 22.3 Å². The van der Waals surface area contributed by atoms with Gasteiger partial charge in [0.1, 0.15) is 0 Å². The number of ether oxygens (including phenoxy) is 2. The Morgan fingerprint density at radius 1 is 1.11 bits per heavy atom. The predicted molar refractivity (Wildman–Crippen MR) is 128 cm³/mol. The predicted octanol–water partition coefficient (Wildman–Crippen LogP) is 2.82. The van der Waals surface area contributed by atoms with Crippen LogP contribution in [0.4, 0.5) is 5.69 Å². The highest BCUT2D eigenvalue weighted by Crippen LogP contribution is 2.36. The third kappa shape index (κ3) is 4.70. The molecule has 0 bridgehead atoms. The molecule has 0 aliphatic heterocycles. The maximum Gasteiger partial charge on any atom is 0.261 e. The maximum absolute atomic E-state index is 12.9. The van der Waals surface area contributed by atoms with Gasteiger partial charge in [-0.1, -0.05) is 0 Å². The molecule has 0 saturated heterocycles. The Morgan fingerprint density at radius 3 is 2.57 bits per heavy atom. The molecule has 0 radical (unpaired) electrons. The second-order valence-electron chi connectivity index (χ2n) is 8.37. The Kier molecular flexibility index (Phi) is 6.13. The molecule has 0 spiro atoms. The first kappa shape index (κ1) is 22.5. The van der Waals surface area contributed by atoms with Crippen LogP contribution in [0, 0.1) is 0 Å². The van der Waals surface area contributed by atoms with Gasteiger partial charge in [-0.2, -0.15) is 0 Å². The lowest BCUT2D eigenvalue weighted by molar-refractivity contribution is -0.116. The number of tetrazole rings is 1. The third-order valence-corrected chi connectivity index (χ3v) is 5.94. The van der Waals surface area contributed by atoms with Gasteiger partial charge >= 0.3 is 0 Å². The highest BCUT2D eigenvalue weighted by Gasteiger charge is 2.28. The largest absolute Gasteiger partial charge is 0.493 e. The third-order valence-electron chi connectivity index (χ3n) is 5.94. The number of aromatic nitrogens is 6. The molecular formula is C24H25N7O4. The van der Waals surface area contributed by atoms with Crippen LogP contribution in [0.2, 0.25) is 0 Å². The van der Waals surface area contributed by atoms with Crippen molar-refractivity contribution in [1.82, 2.24) is 29.8 Å². The lowest BCUT2D eigenvalue weighted by atomic mass is 10.2. The first-order valence-electron chi connectivity index (χ1n) is 11.4. The van der Waals surface area contributed by atoms with Crippen molar-refractivity contribution in [3.05, 3.63) is 53.1 Å². The van der Waals surface area contributed by atoms with Gasteiger partial charge in [0.25, 0.3) is 5.56 Å². The molecule has 11 nitrogen and oxygen atoms in total. The number of nitrogens with one attached hydrogen (secondary N) is 1. The highest BCUT2D eigenvalue weighted by atomic mass is 16.5. The normalized spacial score (nSPS) is 13.1. The topological polar surface area (TPSA) is 126 Å². The zero-order valence-corrected chi connectivity index (χ0v) is 19.5. The number of amides is 1. The summed E-state index contributed by atoms with van der Waals surface area (Å²) in [6.07, 6.45) is 4.42. The number of carbonyl (C=O) groups is 1. The molecule has 1 aliphatic rings. The van der Waals surface area contributed by atoms with Crippen molar-refractivity contribution in [2.24, 2.45) is 0 Å². The molecule has 2 heterocycles. The summed E-state index contributed by atoms with van der Waals surface area (Å²) < 4.78 is 13.9. The molecule has 2 aromatic heterocycles. The number of rotatable bonds is 9. The number of benzene rings is 2. The van der Waals surface area contributed by atoms with E-state index in [1.807, 2.05) is 28.9 Å². The second kappa shape index (κ2) is 9.53. The van der Waals surface area contributed by atoms with Crippen LogP contribution in [0.1, 0.15) is 31.7 Å². The lowest BCUT2D eigenvalue weighted by Crippen LogP contribution is -2.22. The van der Waals surface area contributed by atoms with E-state index in [1.54, 1.807) is 12.1 Å². The number of hydrogen-bond acceptors (Lipinski definition) is 8. The number of aryl methyl sites for hydroxylation is 1. The van der Waals surface area contributed by atoms with Gasteiger partial charge in [0.05, 0.1) is 37.5 Å². The molecule has 1 amide bonds. The number of anilines is 1. The molecule has 2 aromatic carbocycles. The molecule has 5 rings (SSSR count). The standard InChI is InChI=1S/C24H25N7O4/c1-34-20-12-18-19(13-21(20)35-2)25-14-30(24(18)33)11-3-4-22(32)26-16-7-5-15(6-8-16)23-27-28-29-31(23)17-9-10-17/h5-8,12-14,17H,3-4,9-11H2,1-2H3,(H,26,32). The van der Waals surface area contributed by atoms with Gasteiger partial charge in [-0.25, -0.2) is 9.67 Å². The van der Waals surface area contributed by atoms with Gasteiger partial charge in [0.2, 0.25) is 5.91 Å². The number of nitrogens with zero attached hydrogens (tertiary/aromatic N) is 6. The van der Waals surface area contributed by atoms with E-state index in [-0.39, 0.29) is 17.9 Å². The summed E-state index contributed by atoms with van der Waals surface area (Å²) in [5.41, 5.74) is 1.92. The summed E-state index contributed by atoms with van der Waals surface area (Å²) in [5.74, 6) is 1.58. The van der Waals surface area contributed by atoms with Crippen LogP contribution in [-0.4, -0.2) is 49.9 Å². The monoisotopic (exact) mass is 475 g/mol. The van der Waals surface area contributed by atoms with Gasteiger partial charge in [0.15, 0.2) is 17.3 Å². The van der Waals surface area contributed by atoms with Crippen molar-refractivity contribution >= 4 is 22.5 Å². The smallest absolute Gasteiger partial charge is 0.261 e. The van der Waals surface area contributed by atoms with E-state index < -0.39 is 0 Å². The Morgan fingerprint density at radius 2 is 1.86 bits per heavy atom. The van der Waals surface area contributed by atoms with Crippen molar-refractivity contribution in [1.29, 1.82) is 0 Å². The molecule has 0 unspecified atom stereocenters. The van der Waals surface area contributed by atoms with E-state index in [1.165, 1.54) is 25.1 Å². The van der Waals surface area contributed by atoms with Crippen LogP contribution in [0.3, 0.4) is 0 Å². The van der Waals surface area contributed by atoms with Crippen LogP contribution >= 0.6 is 0 Å². The molecule has 4 aromatic rings. The molecule has 11 heteroatoms. The van der Waals surface area contributed by atoms with E-state index in [0.717, 1.165) is 24.2 Å². The van der Waals surface area contributed by atoms with Gasteiger partial charge in [-0.3, -0.25) is 14.2 Å². The van der Waals surface area contributed by atoms with Gasteiger partial charge in [0, 0.05) is 30.3 Å².